The predicted molar refractivity (Wildman–Crippen MR) is 52.7 cm³/mol. The molecule has 1 nitrogen and oxygen atoms in total. The summed E-state index contributed by atoms with van der Waals surface area (Å²) in [7, 11) is 0. The molecule has 0 aliphatic heterocycles. The molecule has 0 atom stereocenters. The van der Waals surface area contributed by atoms with Gasteiger partial charge in [0.05, 0.1) is 6.26 Å². The van der Waals surface area contributed by atoms with Crippen molar-refractivity contribution in [3.8, 4) is 0 Å². The van der Waals surface area contributed by atoms with Gasteiger partial charge in [-0.1, -0.05) is 33.1 Å². The average Bonchev–Trinajstić information content (AvgIpc) is 2.49. The van der Waals surface area contributed by atoms with E-state index in [1.54, 1.807) is 12.3 Å². The van der Waals surface area contributed by atoms with Crippen LogP contribution in [0.2, 0.25) is 0 Å². The molecule has 0 aliphatic carbocycles. The minimum Gasteiger partial charge on any atom is -0.464 e. The normalized spacial score (nSPS) is 10.2. The largest absolute Gasteiger partial charge is 0.464 e. The molecule has 1 heteroatoms. The maximum Gasteiger partial charge on any atom is 0.136 e. The van der Waals surface area contributed by atoms with E-state index in [-0.39, 0.29) is 0 Å². The maximum absolute atomic E-state index is 5.31. The van der Waals surface area contributed by atoms with Crippen molar-refractivity contribution in [1.29, 1.82) is 0 Å². The molecule has 0 amide bonds. The molecule has 0 saturated heterocycles. The third-order valence-electron chi connectivity index (χ3n) is 1.90. The molecule has 1 heterocycles. The average molecular weight is 162 g/mol. The van der Waals surface area contributed by atoms with Gasteiger partial charge in [0.25, 0.3) is 0 Å². The Morgan fingerprint density at radius 2 is 2.25 bits per heavy atom. The topological polar surface area (TPSA) is 13.1 Å². The lowest BCUT2D eigenvalue weighted by Gasteiger charge is -2.06. The minimum absolute atomic E-state index is 0.412. The van der Waals surface area contributed by atoms with Crippen molar-refractivity contribution in [3.05, 3.63) is 36.8 Å². The van der Waals surface area contributed by atoms with Gasteiger partial charge in [0.1, 0.15) is 5.76 Å². The standard InChI is InChI=1S/C11H14O/c1-5-10-6-7-12-11(10)9(4)8(2)3/h5-8H,1,4H2,2-3H3. The van der Waals surface area contributed by atoms with E-state index in [9.17, 15) is 0 Å². The Labute approximate surface area is 73.4 Å². The van der Waals surface area contributed by atoms with Gasteiger partial charge < -0.3 is 4.42 Å². The second kappa shape index (κ2) is 3.44. The van der Waals surface area contributed by atoms with Crippen LogP contribution in [0.15, 0.2) is 29.9 Å². The van der Waals surface area contributed by atoms with Crippen LogP contribution in [-0.2, 0) is 0 Å². The SMILES string of the molecule is C=Cc1ccoc1C(=C)C(C)C. The van der Waals surface area contributed by atoms with E-state index in [4.69, 9.17) is 4.42 Å². The summed E-state index contributed by atoms with van der Waals surface area (Å²) < 4.78 is 5.31. The maximum atomic E-state index is 5.31. The lowest BCUT2D eigenvalue weighted by Crippen LogP contribution is -1.91. The van der Waals surface area contributed by atoms with E-state index in [2.05, 4.69) is 27.0 Å². The summed E-state index contributed by atoms with van der Waals surface area (Å²) in [5.74, 6) is 1.27. The zero-order valence-corrected chi connectivity index (χ0v) is 7.63. The number of rotatable bonds is 3. The van der Waals surface area contributed by atoms with Gasteiger partial charge in [-0.2, -0.15) is 0 Å². The predicted octanol–water partition coefficient (Wildman–Crippen LogP) is 3.59. The molecule has 1 aromatic heterocycles. The van der Waals surface area contributed by atoms with Gasteiger partial charge in [-0.25, -0.2) is 0 Å². The first kappa shape index (κ1) is 8.85. The molecule has 1 rings (SSSR count). The van der Waals surface area contributed by atoms with Gasteiger partial charge in [-0.15, -0.1) is 0 Å². The molecule has 0 spiro atoms. The fourth-order valence-electron chi connectivity index (χ4n) is 1.00. The van der Waals surface area contributed by atoms with Crippen molar-refractivity contribution in [3.63, 3.8) is 0 Å². The number of furan rings is 1. The lowest BCUT2D eigenvalue weighted by molar-refractivity contribution is 0.544. The van der Waals surface area contributed by atoms with Gasteiger partial charge >= 0.3 is 0 Å². The van der Waals surface area contributed by atoms with E-state index < -0.39 is 0 Å². The Kier molecular flexibility index (Phi) is 2.54. The van der Waals surface area contributed by atoms with Crippen LogP contribution in [0.1, 0.15) is 25.2 Å². The molecule has 1 aromatic rings. The molecule has 0 radical (unpaired) electrons. The van der Waals surface area contributed by atoms with Crippen molar-refractivity contribution in [2.45, 2.75) is 13.8 Å². The van der Waals surface area contributed by atoms with Crippen molar-refractivity contribution in [2.75, 3.05) is 0 Å². The molecule has 0 saturated carbocycles. The highest BCUT2D eigenvalue weighted by Crippen LogP contribution is 2.25. The first-order valence-electron chi connectivity index (χ1n) is 4.06. The third-order valence-corrected chi connectivity index (χ3v) is 1.90. The van der Waals surface area contributed by atoms with Crippen molar-refractivity contribution >= 4 is 11.6 Å². The molecule has 0 aromatic carbocycles. The first-order chi connectivity index (χ1) is 5.66. The first-order valence-corrected chi connectivity index (χ1v) is 4.06. The zero-order valence-electron chi connectivity index (χ0n) is 7.63. The van der Waals surface area contributed by atoms with Crippen molar-refractivity contribution in [2.24, 2.45) is 5.92 Å². The van der Waals surface area contributed by atoms with Crippen LogP contribution in [-0.4, -0.2) is 0 Å². The van der Waals surface area contributed by atoms with Crippen LogP contribution in [0.5, 0.6) is 0 Å². The van der Waals surface area contributed by atoms with Crippen LogP contribution in [0.25, 0.3) is 11.6 Å². The van der Waals surface area contributed by atoms with Gasteiger partial charge in [-0.3, -0.25) is 0 Å². The number of hydrogen-bond acceptors (Lipinski definition) is 1. The molecule has 64 valence electrons. The van der Waals surface area contributed by atoms with E-state index in [1.807, 2.05) is 6.07 Å². The van der Waals surface area contributed by atoms with Gasteiger partial charge in [0.2, 0.25) is 0 Å². The summed E-state index contributed by atoms with van der Waals surface area (Å²) in [5.41, 5.74) is 2.05. The Bertz CT molecular complexity index is 292. The highest BCUT2D eigenvalue weighted by molar-refractivity contribution is 5.69. The van der Waals surface area contributed by atoms with Gasteiger partial charge in [0.15, 0.2) is 0 Å². The minimum atomic E-state index is 0.412. The van der Waals surface area contributed by atoms with Crippen LogP contribution >= 0.6 is 0 Å². The monoisotopic (exact) mass is 162 g/mol. The Morgan fingerprint density at radius 1 is 1.58 bits per heavy atom. The Hall–Kier alpha value is -1.24. The fraction of sp³-hybridized carbons (Fsp3) is 0.273. The summed E-state index contributed by atoms with van der Waals surface area (Å²) in [6.07, 6.45) is 3.45. The van der Waals surface area contributed by atoms with E-state index in [1.165, 1.54) is 0 Å². The molecular weight excluding hydrogens is 148 g/mol. The molecule has 0 bridgehead atoms. The van der Waals surface area contributed by atoms with Crippen LogP contribution in [0.3, 0.4) is 0 Å². The summed E-state index contributed by atoms with van der Waals surface area (Å²) >= 11 is 0. The Morgan fingerprint density at radius 3 is 2.75 bits per heavy atom. The number of allylic oxidation sites excluding steroid dienone is 1. The van der Waals surface area contributed by atoms with Crippen LogP contribution < -0.4 is 0 Å². The molecule has 0 fully saturated rings. The van der Waals surface area contributed by atoms with E-state index in [0.29, 0.717) is 5.92 Å². The zero-order chi connectivity index (χ0) is 9.14. The van der Waals surface area contributed by atoms with Gasteiger partial charge in [-0.05, 0) is 17.6 Å². The summed E-state index contributed by atoms with van der Waals surface area (Å²) in [6, 6.07) is 1.90. The van der Waals surface area contributed by atoms with Crippen LogP contribution in [0, 0.1) is 5.92 Å². The van der Waals surface area contributed by atoms with Crippen molar-refractivity contribution in [1.82, 2.24) is 0 Å². The van der Waals surface area contributed by atoms with Gasteiger partial charge in [0, 0.05) is 5.56 Å². The molecule has 0 unspecified atom stereocenters. The summed E-state index contributed by atoms with van der Waals surface area (Å²) in [5, 5.41) is 0. The van der Waals surface area contributed by atoms with Crippen molar-refractivity contribution < 1.29 is 4.42 Å². The van der Waals surface area contributed by atoms with Crippen LogP contribution in [0.4, 0.5) is 0 Å². The fourth-order valence-corrected chi connectivity index (χ4v) is 1.00. The molecule has 0 aliphatic rings. The Balaban J connectivity index is 3.01. The summed E-state index contributed by atoms with van der Waals surface area (Å²) in [6.45, 7) is 11.9. The molecule has 0 N–H and O–H groups in total. The molecular formula is C11H14O. The van der Waals surface area contributed by atoms with E-state index >= 15 is 0 Å². The highest BCUT2D eigenvalue weighted by atomic mass is 16.3. The summed E-state index contributed by atoms with van der Waals surface area (Å²) in [4.78, 5) is 0. The smallest absolute Gasteiger partial charge is 0.136 e. The number of hydrogen-bond donors (Lipinski definition) is 0. The highest BCUT2D eigenvalue weighted by Gasteiger charge is 2.09. The molecule has 12 heavy (non-hydrogen) atoms. The lowest BCUT2D eigenvalue weighted by atomic mass is 10.0. The quantitative estimate of drug-likeness (QED) is 0.662. The third kappa shape index (κ3) is 1.50. The van der Waals surface area contributed by atoms with E-state index in [0.717, 1.165) is 16.9 Å². The second-order valence-corrected chi connectivity index (χ2v) is 3.09. The second-order valence-electron chi connectivity index (χ2n) is 3.09.